The number of amides is 1. The van der Waals surface area contributed by atoms with E-state index in [1.54, 1.807) is 31.2 Å². The Kier molecular flexibility index (Phi) is 5.04. The lowest BCUT2D eigenvalue weighted by Gasteiger charge is -2.24. The molecule has 0 aliphatic carbocycles. The number of aromatic nitrogens is 2. The second-order valence-corrected chi connectivity index (χ2v) is 7.71. The van der Waals surface area contributed by atoms with E-state index in [1.807, 2.05) is 0 Å². The molecule has 152 valence electrons. The average Bonchev–Trinajstić information content (AvgIpc) is 3.29. The Bertz CT molecular complexity index is 1160. The molecule has 7 nitrogen and oxygen atoms in total. The van der Waals surface area contributed by atoms with Gasteiger partial charge in [-0.15, -0.1) is 10.2 Å². The Hall–Kier alpha value is -3.59. The van der Waals surface area contributed by atoms with Gasteiger partial charge in [0, 0.05) is 5.56 Å². The van der Waals surface area contributed by atoms with E-state index in [4.69, 9.17) is 4.74 Å². The Morgan fingerprint density at radius 3 is 2.37 bits per heavy atom. The monoisotopic (exact) mass is 425 g/mol. The van der Waals surface area contributed by atoms with Crippen LogP contribution >= 0.6 is 11.3 Å². The Morgan fingerprint density at radius 2 is 1.80 bits per heavy atom. The highest BCUT2D eigenvalue weighted by Crippen LogP contribution is 2.43. The van der Waals surface area contributed by atoms with Crippen LogP contribution in [0, 0.1) is 12.7 Å². The number of benzene rings is 2. The zero-order chi connectivity index (χ0) is 21.4. The van der Waals surface area contributed by atoms with Gasteiger partial charge in [0.25, 0.3) is 5.91 Å². The maximum atomic E-state index is 13.3. The summed E-state index contributed by atoms with van der Waals surface area (Å²) in [5.74, 6) is -1.90. The van der Waals surface area contributed by atoms with E-state index >= 15 is 0 Å². The first-order valence-corrected chi connectivity index (χ1v) is 9.73. The van der Waals surface area contributed by atoms with Gasteiger partial charge < -0.3 is 9.84 Å². The Labute approximate surface area is 175 Å². The first-order chi connectivity index (χ1) is 14.4. The fourth-order valence-electron chi connectivity index (χ4n) is 3.28. The van der Waals surface area contributed by atoms with Crippen LogP contribution in [-0.4, -0.2) is 34.1 Å². The van der Waals surface area contributed by atoms with Crippen LogP contribution < -0.4 is 9.64 Å². The van der Waals surface area contributed by atoms with Crippen molar-refractivity contribution in [1.29, 1.82) is 0 Å². The number of anilines is 1. The SMILES string of the molecule is COc1ccc(C2C(C(=O)c3ccc(F)cc3)=C(O)C(=O)N2c2nnc(C)s2)cc1. The third-order valence-corrected chi connectivity index (χ3v) is 5.55. The van der Waals surface area contributed by atoms with Crippen molar-refractivity contribution < 1.29 is 23.8 Å². The third kappa shape index (κ3) is 3.33. The van der Waals surface area contributed by atoms with Gasteiger partial charge in [-0.1, -0.05) is 23.5 Å². The van der Waals surface area contributed by atoms with Gasteiger partial charge in [0.1, 0.15) is 16.6 Å². The van der Waals surface area contributed by atoms with Crippen molar-refractivity contribution in [2.75, 3.05) is 12.0 Å². The van der Waals surface area contributed by atoms with Gasteiger partial charge in [-0.2, -0.15) is 0 Å². The molecule has 1 aromatic heterocycles. The van der Waals surface area contributed by atoms with Crippen molar-refractivity contribution >= 4 is 28.2 Å². The van der Waals surface area contributed by atoms with E-state index < -0.39 is 29.3 Å². The molecule has 3 aromatic rings. The van der Waals surface area contributed by atoms with Crippen LogP contribution in [0.3, 0.4) is 0 Å². The van der Waals surface area contributed by atoms with Crippen molar-refractivity contribution in [2.24, 2.45) is 0 Å². The number of hydrogen-bond donors (Lipinski definition) is 1. The van der Waals surface area contributed by atoms with Gasteiger partial charge >= 0.3 is 0 Å². The van der Waals surface area contributed by atoms with E-state index in [1.165, 1.54) is 35.5 Å². The molecule has 0 bridgehead atoms. The molecule has 1 aliphatic rings. The molecule has 0 radical (unpaired) electrons. The molecule has 2 aromatic carbocycles. The highest BCUT2D eigenvalue weighted by molar-refractivity contribution is 7.15. The number of carbonyl (C=O) groups excluding carboxylic acids is 2. The standard InChI is InChI=1S/C21H16FN3O4S/c1-11-23-24-21(30-11)25-17(12-5-9-15(29-2)10-6-12)16(19(27)20(25)28)18(26)13-3-7-14(22)8-4-13/h3-10,17,27H,1-2H3. The summed E-state index contributed by atoms with van der Waals surface area (Å²) < 4.78 is 18.5. The summed E-state index contributed by atoms with van der Waals surface area (Å²) in [6, 6.07) is 10.8. The minimum Gasteiger partial charge on any atom is -0.503 e. The molecule has 1 amide bonds. The molecule has 30 heavy (non-hydrogen) atoms. The summed E-state index contributed by atoms with van der Waals surface area (Å²) >= 11 is 1.17. The lowest BCUT2D eigenvalue weighted by Crippen LogP contribution is -2.31. The number of methoxy groups -OCH3 is 1. The van der Waals surface area contributed by atoms with E-state index in [0.29, 0.717) is 16.3 Å². The number of nitrogens with zero attached hydrogens (tertiary/aromatic N) is 3. The van der Waals surface area contributed by atoms with E-state index in [2.05, 4.69) is 10.2 Å². The molecule has 0 saturated heterocycles. The number of ether oxygens (including phenoxy) is 1. The number of carbonyl (C=O) groups is 2. The van der Waals surface area contributed by atoms with Gasteiger partial charge in [0.15, 0.2) is 11.5 Å². The summed E-state index contributed by atoms with van der Waals surface area (Å²) in [5, 5.41) is 19.5. The predicted molar refractivity (Wildman–Crippen MR) is 108 cm³/mol. The fraction of sp³-hybridized carbons (Fsp3) is 0.143. The van der Waals surface area contributed by atoms with E-state index in [0.717, 1.165) is 12.1 Å². The average molecular weight is 425 g/mol. The van der Waals surface area contributed by atoms with Gasteiger partial charge in [0.2, 0.25) is 5.13 Å². The number of aliphatic hydroxyl groups is 1. The van der Waals surface area contributed by atoms with Gasteiger partial charge in [-0.05, 0) is 48.9 Å². The molecule has 2 heterocycles. The van der Waals surface area contributed by atoms with E-state index in [9.17, 15) is 19.1 Å². The first kappa shape index (κ1) is 19.7. The molecule has 1 N–H and O–H groups in total. The summed E-state index contributed by atoms with van der Waals surface area (Å²) in [7, 11) is 1.53. The first-order valence-electron chi connectivity index (χ1n) is 8.91. The van der Waals surface area contributed by atoms with Crippen molar-refractivity contribution in [3.63, 3.8) is 0 Å². The molecule has 9 heteroatoms. The highest BCUT2D eigenvalue weighted by Gasteiger charge is 2.46. The normalized spacial score (nSPS) is 16.3. The van der Waals surface area contributed by atoms with Crippen molar-refractivity contribution in [1.82, 2.24) is 10.2 Å². The molecular weight excluding hydrogens is 409 g/mol. The topological polar surface area (TPSA) is 92.6 Å². The lowest BCUT2D eigenvalue weighted by atomic mass is 9.93. The second-order valence-electron chi connectivity index (χ2n) is 6.55. The number of aliphatic hydroxyl groups excluding tert-OH is 1. The van der Waals surface area contributed by atoms with E-state index in [-0.39, 0.29) is 16.3 Å². The third-order valence-electron chi connectivity index (χ3n) is 4.71. The number of halogens is 1. The zero-order valence-electron chi connectivity index (χ0n) is 16.0. The van der Waals surface area contributed by atoms with Crippen molar-refractivity contribution in [3.8, 4) is 5.75 Å². The van der Waals surface area contributed by atoms with Crippen molar-refractivity contribution in [2.45, 2.75) is 13.0 Å². The molecule has 0 saturated carbocycles. The van der Waals surface area contributed by atoms with Crippen LogP contribution in [0.1, 0.15) is 27.0 Å². The summed E-state index contributed by atoms with van der Waals surface area (Å²) in [5.41, 5.74) is 0.621. The van der Waals surface area contributed by atoms with Crippen LogP contribution in [0.25, 0.3) is 0 Å². The minimum atomic E-state index is -0.923. The van der Waals surface area contributed by atoms with Crippen LogP contribution in [0.15, 0.2) is 59.9 Å². The number of ketones is 1. The number of hydrogen-bond acceptors (Lipinski definition) is 7. The fourth-order valence-corrected chi connectivity index (χ4v) is 3.99. The van der Waals surface area contributed by atoms with Crippen LogP contribution in [0.4, 0.5) is 9.52 Å². The largest absolute Gasteiger partial charge is 0.503 e. The van der Waals surface area contributed by atoms with Crippen LogP contribution in [-0.2, 0) is 4.79 Å². The minimum absolute atomic E-state index is 0.107. The molecular formula is C21H16FN3O4S. The maximum Gasteiger partial charge on any atom is 0.296 e. The van der Waals surface area contributed by atoms with Gasteiger partial charge in [-0.25, -0.2) is 4.39 Å². The van der Waals surface area contributed by atoms with Crippen LogP contribution in [0.5, 0.6) is 5.75 Å². The molecule has 1 unspecified atom stereocenters. The quantitative estimate of drug-likeness (QED) is 0.626. The predicted octanol–water partition coefficient (Wildman–Crippen LogP) is 3.78. The zero-order valence-corrected chi connectivity index (χ0v) is 16.8. The van der Waals surface area contributed by atoms with Gasteiger partial charge in [0.05, 0.1) is 18.7 Å². The lowest BCUT2D eigenvalue weighted by molar-refractivity contribution is -0.117. The van der Waals surface area contributed by atoms with Gasteiger partial charge in [-0.3, -0.25) is 14.5 Å². The maximum absolute atomic E-state index is 13.3. The Balaban J connectivity index is 1.85. The summed E-state index contributed by atoms with van der Waals surface area (Å²) in [4.78, 5) is 27.4. The highest BCUT2D eigenvalue weighted by atomic mass is 32.1. The number of rotatable bonds is 5. The Morgan fingerprint density at radius 1 is 1.13 bits per heavy atom. The van der Waals surface area contributed by atoms with Crippen LogP contribution in [0.2, 0.25) is 0 Å². The molecule has 0 fully saturated rings. The molecule has 1 atom stereocenters. The summed E-state index contributed by atoms with van der Waals surface area (Å²) in [6.45, 7) is 1.74. The smallest absolute Gasteiger partial charge is 0.296 e. The van der Waals surface area contributed by atoms with Crippen molar-refractivity contribution in [3.05, 3.63) is 81.8 Å². The summed E-state index contributed by atoms with van der Waals surface area (Å²) in [6.07, 6.45) is 0. The molecule has 1 aliphatic heterocycles. The molecule has 4 rings (SSSR count). The number of aryl methyl sites for hydroxylation is 1. The number of Topliss-reactive ketones (excluding diaryl/α,β-unsaturated/α-hetero) is 1. The second kappa shape index (κ2) is 7.68. The molecule has 0 spiro atoms.